The number of rotatable bonds is 7. The molecule has 0 radical (unpaired) electrons. The first-order valence-electron chi connectivity index (χ1n) is 6.97. The summed E-state index contributed by atoms with van der Waals surface area (Å²) in [5.41, 5.74) is 1.63. The van der Waals surface area contributed by atoms with Crippen LogP contribution in [0.3, 0.4) is 0 Å². The van der Waals surface area contributed by atoms with E-state index in [2.05, 4.69) is 31.7 Å². The molecule has 2 aromatic heterocycles. The smallest absolute Gasteiger partial charge is 0.404 e. The molecule has 134 valence electrons. The molecule has 0 spiro atoms. The van der Waals surface area contributed by atoms with Gasteiger partial charge in [-0.25, -0.2) is 9.97 Å². The standard InChI is InChI=1S/C15H15F3N4OS2/c1-9-14(25-10(2)22-9)12(19-3)7-24-8-21-13-5-4-11(6-20-13)23-15(16,17)18/h4-7H,3,8H2,1-2H3,(H,20,21)/b12-7-. The molecule has 0 saturated carbocycles. The van der Waals surface area contributed by atoms with Gasteiger partial charge in [-0.05, 0) is 38.1 Å². The van der Waals surface area contributed by atoms with E-state index in [1.54, 1.807) is 11.3 Å². The number of anilines is 1. The molecule has 0 fully saturated rings. The maximum absolute atomic E-state index is 12.1. The Balaban J connectivity index is 1.89. The van der Waals surface area contributed by atoms with Gasteiger partial charge in [-0.3, -0.25) is 4.99 Å². The Morgan fingerprint density at radius 3 is 2.72 bits per heavy atom. The monoisotopic (exact) mass is 388 g/mol. The third-order valence-corrected chi connectivity index (χ3v) is 4.60. The second kappa shape index (κ2) is 8.34. The first kappa shape index (κ1) is 19.3. The van der Waals surface area contributed by atoms with Crippen LogP contribution in [0.1, 0.15) is 15.6 Å². The van der Waals surface area contributed by atoms with Crippen LogP contribution >= 0.6 is 23.1 Å². The van der Waals surface area contributed by atoms with Crippen molar-refractivity contribution in [2.75, 3.05) is 11.2 Å². The molecule has 2 aromatic rings. The van der Waals surface area contributed by atoms with Gasteiger partial charge >= 0.3 is 6.36 Å². The zero-order valence-electron chi connectivity index (χ0n) is 13.4. The summed E-state index contributed by atoms with van der Waals surface area (Å²) < 4.78 is 40.0. The first-order valence-corrected chi connectivity index (χ1v) is 8.83. The molecule has 0 unspecified atom stereocenters. The van der Waals surface area contributed by atoms with Crippen LogP contribution in [0, 0.1) is 13.8 Å². The van der Waals surface area contributed by atoms with E-state index >= 15 is 0 Å². The number of halogens is 3. The van der Waals surface area contributed by atoms with Gasteiger partial charge in [0, 0.05) is 0 Å². The molecule has 10 heteroatoms. The summed E-state index contributed by atoms with van der Waals surface area (Å²) in [7, 11) is 0. The SMILES string of the molecule is C=N/C(=C\SCNc1ccc(OC(F)(F)F)cn1)c1sc(C)nc1C. The number of pyridine rings is 1. The van der Waals surface area contributed by atoms with Crippen molar-refractivity contribution in [3.05, 3.63) is 39.3 Å². The highest BCUT2D eigenvalue weighted by molar-refractivity contribution is 8.02. The summed E-state index contributed by atoms with van der Waals surface area (Å²) in [5, 5.41) is 5.78. The number of hydrogen-bond donors (Lipinski definition) is 1. The number of thiazole rings is 1. The van der Waals surface area contributed by atoms with E-state index in [0.717, 1.165) is 27.5 Å². The van der Waals surface area contributed by atoms with Crippen LogP contribution in [0.2, 0.25) is 0 Å². The number of ether oxygens (including phenoxy) is 1. The number of nitrogens with one attached hydrogen (secondary N) is 1. The van der Waals surface area contributed by atoms with Crippen LogP contribution in [0.5, 0.6) is 5.75 Å². The normalized spacial score (nSPS) is 12.1. The lowest BCUT2D eigenvalue weighted by molar-refractivity contribution is -0.274. The molecule has 2 heterocycles. The van der Waals surface area contributed by atoms with E-state index in [1.807, 2.05) is 19.3 Å². The number of aromatic nitrogens is 2. The van der Waals surface area contributed by atoms with E-state index in [-0.39, 0.29) is 5.75 Å². The van der Waals surface area contributed by atoms with Crippen LogP contribution in [0.25, 0.3) is 5.70 Å². The Morgan fingerprint density at radius 1 is 1.44 bits per heavy atom. The summed E-state index contributed by atoms with van der Waals surface area (Å²) in [6, 6.07) is 2.61. The minimum Gasteiger partial charge on any atom is -0.404 e. The van der Waals surface area contributed by atoms with E-state index < -0.39 is 6.36 Å². The highest BCUT2D eigenvalue weighted by Gasteiger charge is 2.31. The third kappa shape index (κ3) is 6.05. The van der Waals surface area contributed by atoms with Gasteiger partial charge < -0.3 is 10.1 Å². The highest BCUT2D eigenvalue weighted by Crippen LogP contribution is 2.28. The largest absolute Gasteiger partial charge is 0.573 e. The summed E-state index contributed by atoms with van der Waals surface area (Å²) in [6.07, 6.45) is -3.71. The van der Waals surface area contributed by atoms with Crippen LogP contribution in [0.15, 0.2) is 28.7 Å². The van der Waals surface area contributed by atoms with Crippen molar-refractivity contribution in [1.82, 2.24) is 9.97 Å². The van der Waals surface area contributed by atoms with Crippen LogP contribution in [-0.2, 0) is 0 Å². The summed E-state index contributed by atoms with van der Waals surface area (Å²) in [6.45, 7) is 7.41. The van der Waals surface area contributed by atoms with Gasteiger partial charge in [0.1, 0.15) is 11.6 Å². The van der Waals surface area contributed by atoms with Gasteiger partial charge in [0.05, 0.1) is 33.3 Å². The molecule has 25 heavy (non-hydrogen) atoms. The van der Waals surface area contributed by atoms with E-state index in [0.29, 0.717) is 11.7 Å². The summed E-state index contributed by atoms with van der Waals surface area (Å²) in [5.74, 6) is 0.538. The van der Waals surface area contributed by atoms with E-state index in [9.17, 15) is 13.2 Å². The van der Waals surface area contributed by atoms with Crippen molar-refractivity contribution in [2.45, 2.75) is 20.2 Å². The summed E-state index contributed by atoms with van der Waals surface area (Å²) >= 11 is 2.97. The lowest BCUT2D eigenvalue weighted by atomic mass is 10.3. The van der Waals surface area contributed by atoms with Crippen LogP contribution in [-0.4, -0.2) is 28.9 Å². The molecule has 0 aliphatic rings. The average molecular weight is 388 g/mol. The Morgan fingerprint density at radius 2 is 2.20 bits per heavy atom. The first-order chi connectivity index (χ1) is 11.8. The molecule has 5 nitrogen and oxygen atoms in total. The Bertz CT molecular complexity index is 757. The van der Waals surface area contributed by atoms with Crippen LogP contribution in [0.4, 0.5) is 19.0 Å². The van der Waals surface area contributed by atoms with Gasteiger partial charge in [0.2, 0.25) is 0 Å². The molecule has 0 amide bonds. The van der Waals surface area contributed by atoms with Crippen molar-refractivity contribution in [3.8, 4) is 5.75 Å². The molecule has 1 N–H and O–H groups in total. The lowest BCUT2D eigenvalue weighted by Crippen LogP contribution is -2.17. The highest BCUT2D eigenvalue weighted by atomic mass is 32.2. The fraction of sp³-hybridized carbons (Fsp3) is 0.267. The fourth-order valence-corrected chi connectivity index (χ4v) is 3.49. The van der Waals surface area contributed by atoms with Crippen molar-refractivity contribution in [1.29, 1.82) is 0 Å². The van der Waals surface area contributed by atoms with Crippen LogP contribution < -0.4 is 10.1 Å². The predicted octanol–water partition coefficient (Wildman–Crippen LogP) is 4.86. The molecule has 0 saturated heterocycles. The minimum absolute atomic E-state index is 0.361. The van der Waals surface area contributed by atoms with Crippen molar-refractivity contribution in [2.24, 2.45) is 4.99 Å². The molecule has 0 atom stereocenters. The molecule has 2 rings (SSSR count). The molecule has 0 aromatic carbocycles. The predicted molar refractivity (Wildman–Crippen MR) is 96.1 cm³/mol. The number of alkyl halides is 3. The van der Waals surface area contributed by atoms with Gasteiger partial charge in [0.25, 0.3) is 0 Å². The fourth-order valence-electron chi connectivity index (χ4n) is 1.85. The van der Waals surface area contributed by atoms with Crippen molar-refractivity contribution in [3.63, 3.8) is 0 Å². The minimum atomic E-state index is -4.72. The quantitative estimate of drug-likeness (QED) is 0.417. The molecule has 0 aliphatic heterocycles. The van der Waals surface area contributed by atoms with E-state index in [4.69, 9.17) is 0 Å². The Labute approximate surface area is 151 Å². The Kier molecular flexibility index (Phi) is 6.43. The van der Waals surface area contributed by atoms with Gasteiger partial charge in [-0.15, -0.1) is 36.3 Å². The van der Waals surface area contributed by atoms with Crippen molar-refractivity contribution >= 4 is 41.3 Å². The molecular formula is C15H15F3N4OS2. The lowest BCUT2D eigenvalue weighted by Gasteiger charge is -2.09. The van der Waals surface area contributed by atoms with Gasteiger partial charge in [0.15, 0.2) is 0 Å². The summed E-state index contributed by atoms with van der Waals surface area (Å²) in [4.78, 5) is 13.2. The number of thioether (sulfide) groups is 1. The molecular weight excluding hydrogens is 373 g/mol. The second-order valence-electron chi connectivity index (χ2n) is 4.72. The third-order valence-electron chi connectivity index (χ3n) is 2.81. The average Bonchev–Trinajstić information content (AvgIpc) is 2.86. The number of hydrogen-bond acceptors (Lipinski definition) is 7. The van der Waals surface area contributed by atoms with Gasteiger partial charge in [-0.2, -0.15) is 0 Å². The van der Waals surface area contributed by atoms with Crippen molar-refractivity contribution < 1.29 is 17.9 Å². The van der Waals surface area contributed by atoms with E-state index in [1.165, 1.54) is 23.9 Å². The number of aliphatic imine (C=N–C) groups is 1. The molecule has 0 aliphatic carbocycles. The topological polar surface area (TPSA) is 59.4 Å². The molecule has 0 bridgehead atoms. The maximum atomic E-state index is 12.1. The van der Waals surface area contributed by atoms with Gasteiger partial charge in [-0.1, -0.05) is 0 Å². The second-order valence-corrected chi connectivity index (χ2v) is 6.78. The number of nitrogens with zero attached hydrogens (tertiary/aromatic N) is 3. The zero-order valence-corrected chi connectivity index (χ0v) is 15.1. The Hall–Kier alpha value is -2.07. The number of aryl methyl sites for hydroxylation is 2. The maximum Gasteiger partial charge on any atom is 0.573 e. The zero-order chi connectivity index (χ0) is 18.4.